The fourth-order valence-electron chi connectivity index (χ4n) is 1.21. The zero-order valence-corrected chi connectivity index (χ0v) is 7.81. The molecule has 0 aliphatic heterocycles. The van der Waals surface area contributed by atoms with E-state index in [9.17, 15) is 4.79 Å². The fraction of sp³-hybridized carbons (Fsp3) is 0.900. The second-order valence-electron chi connectivity index (χ2n) is 3.18. The van der Waals surface area contributed by atoms with Crippen LogP contribution in [0.15, 0.2) is 0 Å². The number of unbranched alkanes of at least 4 members (excludes halogenated alkanes) is 2. The normalized spacial score (nSPS) is 10.5. The summed E-state index contributed by atoms with van der Waals surface area (Å²) in [5.74, 6) is 0.342. The van der Waals surface area contributed by atoms with Gasteiger partial charge in [0.05, 0.1) is 0 Å². The van der Waals surface area contributed by atoms with Gasteiger partial charge in [-0.2, -0.15) is 0 Å². The van der Waals surface area contributed by atoms with Crippen LogP contribution >= 0.6 is 0 Å². The van der Waals surface area contributed by atoms with Crippen molar-refractivity contribution in [3.05, 3.63) is 0 Å². The van der Waals surface area contributed by atoms with Crippen LogP contribution in [0.5, 0.6) is 0 Å². The van der Waals surface area contributed by atoms with Gasteiger partial charge in [-0.1, -0.05) is 39.5 Å². The van der Waals surface area contributed by atoms with Crippen LogP contribution in [0.3, 0.4) is 0 Å². The predicted octanol–water partition coefficient (Wildman–Crippen LogP) is 3.18. The van der Waals surface area contributed by atoms with Gasteiger partial charge in [-0.3, -0.25) is 0 Å². The van der Waals surface area contributed by atoms with Gasteiger partial charge in [0.1, 0.15) is 6.29 Å². The van der Waals surface area contributed by atoms with Gasteiger partial charge in [-0.25, -0.2) is 0 Å². The third kappa shape index (κ3) is 6.08. The third-order valence-electron chi connectivity index (χ3n) is 2.05. The van der Waals surface area contributed by atoms with Crippen molar-refractivity contribution in [3.8, 4) is 0 Å². The van der Waals surface area contributed by atoms with Gasteiger partial charge in [-0.05, 0) is 12.8 Å². The highest BCUT2D eigenvalue weighted by Gasteiger charge is 2.04. The first-order valence-corrected chi connectivity index (χ1v) is 4.80. The lowest BCUT2D eigenvalue weighted by molar-refractivity contribution is -0.111. The van der Waals surface area contributed by atoms with Gasteiger partial charge in [0.25, 0.3) is 0 Å². The number of carbonyl (C=O) groups excluding carboxylic acids is 1. The van der Waals surface area contributed by atoms with E-state index in [-0.39, 0.29) is 0 Å². The van der Waals surface area contributed by atoms with E-state index in [0.717, 1.165) is 19.1 Å². The summed E-state index contributed by atoms with van der Waals surface area (Å²) in [7, 11) is 0. The average molecular weight is 156 g/mol. The maximum atomic E-state index is 10.5. The largest absolute Gasteiger partial charge is 0.303 e. The molecule has 11 heavy (non-hydrogen) atoms. The van der Waals surface area contributed by atoms with Crippen molar-refractivity contribution in [3.63, 3.8) is 0 Å². The van der Waals surface area contributed by atoms with Crippen molar-refractivity contribution >= 4 is 6.29 Å². The van der Waals surface area contributed by atoms with E-state index < -0.39 is 0 Å². The summed E-state index contributed by atoms with van der Waals surface area (Å²) < 4.78 is 0. The fourth-order valence-corrected chi connectivity index (χ4v) is 1.21. The first-order valence-electron chi connectivity index (χ1n) is 4.80. The minimum atomic E-state index is 0.342. The monoisotopic (exact) mass is 156 g/mol. The Hall–Kier alpha value is -0.330. The summed E-state index contributed by atoms with van der Waals surface area (Å²) in [6.45, 7) is 4.34. The Morgan fingerprint density at radius 2 is 1.55 bits per heavy atom. The Morgan fingerprint density at radius 3 is 1.82 bits per heavy atom. The standard InChI is InChI=1S/C10H20O/c1-3-5-7-10(9-11)8-6-4-2/h9-10H,3-8H2,1-2H3. The van der Waals surface area contributed by atoms with Crippen molar-refractivity contribution in [2.45, 2.75) is 52.4 Å². The van der Waals surface area contributed by atoms with Crippen LogP contribution in [0, 0.1) is 5.92 Å². The summed E-state index contributed by atoms with van der Waals surface area (Å²) >= 11 is 0. The number of rotatable bonds is 7. The summed E-state index contributed by atoms with van der Waals surface area (Å²) in [6, 6.07) is 0. The highest BCUT2D eigenvalue weighted by molar-refractivity contribution is 5.53. The van der Waals surface area contributed by atoms with Crippen molar-refractivity contribution in [2.24, 2.45) is 5.92 Å². The number of carbonyl (C=O) groups is 1. The molecule has 0 aliphatic rings. The third-order valence-corrected chi connectivity index (χ3v) is 2.05. The molecule has 0 N–H and O–H groups in total. The molecule has 0 aromatic carbocycles. The summed E-state index contributed by atoms with van der Waals surface area (Å²) in [5, 5.41) is 0. The molecule has 0 rings (SSSR count). The number of hydrogen-bond acceptors (Lipinski definition) is 1. The summed E-state index contributed by atoms with van der Waals surface area (Å²) in [6.07, 6.45) is 8.14. The first-order chi connectivity index (χ1) is 5.35. The van der Waals surface area contributed by atoms with Crippen LogP contribution in [0.25, 0.3) is 0 Å². The molecule has 66 valence electrons. The van der Waals surface area contributed by atoms with E-state index in [2.05, 4.69) is 13.8 Å². The predicted molar refractivity (Wildman–Crippen MR) is 48.6 cm³/mol. The van der Waals surface area contributed by atoms with Crippen molar-refractivity contribution in [1.82, 2.24) is 0 Å². The lowest BCUT2D eigenvalue weighted by Gasteiger charge is -2.07. The van der Waals surface area contributed by atoms with Crippen molar-refractivity contribution in [1.29, 1.82) is 0 Å². The summed E-state index contributed by atoms with van der Waals surface area (Å²) in [5.41, 5.74) is 0. The van der Waals surface area contributed by atoms with E-state index in [0.29, 0.717) is 5.92 Å². The second kappa shape index (κ2) is 7.77. The van der Waals surface area contributed by atoms with Crippen LogP contribution in [-0.4, -0.2) is 6.29 Å². The zero-order valence-electron chi connectivity index (χ0n) is 7.81. The minimum absolute atomic E-state index is 0.342. The molecule has 1 nitrogen and oxygen atoms in total. The van der Waals surface area contributed by atoms with Crippen LogP contribution in [0.2, 0.25) is 0 Å². The molecule has 0 aromatic rings. The molecule has 0 radical (unpaired) electrons. The van der Waals surface area contributed by atoms with Gasteiger partial charge in [0.15, 0.2) is 0 Å². The number of hydrogen-bond donors (Lipinski definition) is 0. The van der Waals surface area contributed by atoms with Gasteiger partial charge in [-0.15, -0.1) is 0 Å². The van der Waals surface area contributed by atoms with Gasteiger partial charge >= 0.3 is 0 Å². The van der Waals surface area contributed by atoms with Crippen LogP contribution in [0.4, 0.5) is 0 Å². The lowest BCUT2D eigenvalue weighted by Crippen LogP contribution is -2.01. The molecule has 0 aliphatic carbocycles. The molecular formula is C10H20O. The molecule has 0 aromatic heterocycles. The highest BCUT2D eigenvalue weighted by Crippen LogP contribution is 2.13. The number of aldehydes is 1. The Bertz CT molecular complexity index is 80.9. The minimum Gasteiger partial charge on any atom is -0.303 e. The molecule has 0 heterocycles. The van der Waals surface area contributed by atoms with E-state index >= 15 is 0 Å². The van der Waals surface area contributed by atoms with Crippen LogP contribution < -0.4 is 0 Å². The SMILES string of the molecule is CCCCC(C=O)CCCC. The molecule has 0 amide bonds. The zero-order chi connectivity index (χ0) is 8.53. The average Bonchev–Trinajstić information content (AvgIpc) is 2.05. The van der Waals surface area contributed by atoms with E-state index in [1.807, 2.05) is 0 Å². The molecule has 0 saturated carbocycles. The Kier molecular flexibility index (Phi) is 7.54. The van der Waals surface area contributed by atoms with Crippen molar-refractivity contribution < 1.29 is 4.79 Å². The topological polar surface area (TPSA) is 17.1 Å². The molecule has 0 bridgehead atoms. The van der Waals surface area contributed by atoms with Gasteiger partial charge < -0.3 is 4.79 Å². The second-order valence-corrected chi connectivity index (χ2v) is 3.18. The lowest BCUT2D eigenvalue weighted by atomic mass is 9.98. The van der Waals surface area contributed by atoms with Crippen molar-refractivity contribution in [2.75, 3.05) is 0 Å². The smallest absolute Gasteiger partial charge is 0.123 e. The molecule has 1 heteroatoms. The summed E-state index contributed by atoms with van der Waals surface area (Å²) in [4.78, 5) is 10.5. The Balaban J connectivity index is 3.33. The molecule has 0 spiro atoms. The Morgan fingerprint density at radius 1 is 1.09 bits per heavy atom. The maximum absolute atomic E-state index is 10.5. The molecule has 0 saturated heterocycles. The van der Waals surface area contributed by atoms with Gasteiger partial charge in [0, 0.05) is 5.92 Å². The Labute approximate surface area is 70.2 Å². The highest BCUT2D eigenvalue weighted by atomic mass is 16.1. The van der Waals surface area contributed by atoms with Crippen LogP contribution in [-0.2, 0) is 4.79 Å². The molecular weight excluding hydrogens is 136 g/mol. The maximum Gasteiger partial charge on any atom is 0.123 e. The van der Waals surface area contributed by atoms with Crippen LogP contribution in [0.1, 0.15) is 52.4 Å². The van der Waals surface area contributed by atoms with E-state index in [4.69, 9.17) is 0 Å². The molecule has 0 fully saturated rings. The van der Waals surface area contributed by atoms with Gasteiger partial charge in [0.2, 0.25) is 0 Å². The molecule has 0 atom stereocenters. The van der Waals surface area contributed by atoms with E-state index in [1.54, 1.807) is 0 Å². The first kappa shape index (κ1) is 10.7. The van der Waals surface area contributed by atoms with E-state index in [1.165, 1.54) is 25.7 Å². The quantitative estimate of drug-likeness (QED) is 0.517. The molecule has 0 unspecified atom stereocenters.